The first kappa shape index (κ1) is 27.4. The van der Waals surface area contributed by atoms with Crippen molar-refractivity contribution < 1.29 is 22.7 Å². The Balaban J connectivity index is 1.82. The van der Waals surface area contributed by atoms with Crippen molar-refractivity contribution in [2.75, 3.05) is 19.3 Å². The van der Waals surface area contributed by atoms with Gasteiger partial charge in [-0.15, -0.1) is 0 Å². The lowest BCUT2D eigenvalue weighted by atomic mass is 10.2. The molecule has 12 heteroatoms. The van der Waals surface area contributed by atoms with Gasteiger partial charge in [-0.25, -0.2) is 27.9 Å². The number of ether oxygens (including phenoxy) is 1. The van der Waals surface area contributed by atoms with Gasteiger partial charge in [-0.05, 0) is 50.1 Å². The molecule has 0 fully saturated rings. The van der Waals surface area contributed by atoms with E-state index in [1.807, 2.05) is 13.8 Å². The Morgan fingerprint density at radius 3 is 2.56 bits per heavy atom. The van der Waals surface area contributed by atoms with E-state index in [9.17, 15) is 18.0 Å². The van der Waals surface area contributed by atoms with Gasteiger partial charge >= 0.3 is 6.09 Å². The van der Waals surface area contributed by atoms with Crippen LogP contribution in [0.3, 0.4) is 0 Å². The van der Waals surface area contributed by atoms with Crippen LogP contribution in [0.4, 0.5) is 4.79 Å². The van der Waals surface area contributed by atoms with Gasteiger partial charge in [0.15, 0.2) is 5.65 Å². The number of fused-ring (bicyclic) bond motifs is 1. The van der Waals surface area contributed by atoms with E-state index >= 15 is 0 Å². The topological polar surface area (TPSA) is 123 Å². The Kier molecular flexibility index (Phi) is 8.91. The molecule has 36 heavy (non-hydrogen) atoms. The van der Waals surface area contributed by atoms with Crippen molar-refractivity contribution in [1.29, 1.82) is 0 Å². The van der Waals surface area contributed by atoms with Crippen LogP contribution in [0, 0.1) is 6.92 Å². The molecule has 2 heterocycles. The zero-order valence-electron chi connectivity index (χ0n) is 20.7. The summed E-state index contributed by atoms with van der Waals surface area (Å²) < 4.78 is 33.6. The third-order valence-electron chi connectivity index (χ3n) is 5.62. The minimum atomic E-state index is -3.75. The number of aryl methyl sites for hydroxylation is 1. The Hall–Kier alpha value is -3.18. The van der Waals surface area contributed by atoms with E-state index in [-0.39, 0.29) is 18.0 Å². The molecule has 0 atom stereocenters. The summed E-state index contributed by atoms with van der Waals surface area (Å²) in [4.78, 5) is 34.9. The van der Waals surface area contributed by atoms with Gasteiger partial charge in [0, 0.05) is 18.6 Å². The molecule has 0 aliphatic rings. The van der Waals surface area contributed by atoms with Crippen LogP contribution < -0.4 is 9.46 Å². The van der Waals surface area contributed by atoms with Crippen molar-refractivity contribution in [1.82, 2.24) is 24.2 Å². The van der Waals surface area contributed by atoms with Crippen LogP contribution in [0.1, 0.15) is 55.0 Å². The van der Waals surface area contributed by atoms with Crippen molar-refractivity contribution in [3.63, 3.8) is 0 Å². The second-order valence-electron chi connectivity index (χ2n) is 8.38. The van der Waals surface area contributed by atoms with Crippen LogP contribution >= 0.6 is 11.6 Å². The first-order chi connectivity index (χ1) is 17.0. The predicted octanol–water partition coefficient (Wildman–Crippen LogP) is 4.14. The number of hydrogen-bond acceptors (Lipinski definition) is 7. The van der Waals surface area contributed by atoms with Gasteiger partial charge < -0.3 is 14.2 Å². The van der Waals surface area contributed by atoms with E-state index in [1.165, 1.54) is 11.0 Å². The highest BCUT2D eigenvalue weighted by molar-refractivity contribution is 7.90. The summed E-state index contributed by atoms with van der Waals surface area (Å²) in [5.41, 5.74) is 1.66. The van der Waals surface area contributed by atoms with Gasteiger partial charge in [0.25, 0.3) is 5.91 Å². The molecule has 0 unspecified atom stereocenters. The number of nitrogens with zero attached hydrogens (tertiary/aromatic N) is 4. The predicted molar refractivity (Wildman–Crippen MR) is 138 cm³/mol. The molecule has 0 radical (unpaired) electrons. The maximum atomic E-state index is 12.6. The summed E-state index contributed by atoms with van der Waals surface area (Å²) in [6.45, 7) is 6.40. The molecule has 10 nitrogen and oxygen atoms in total. The molecular formula is C24H30ClN5O5S. The second kappa shape index (κ2) is 11.7. The third kappa shape index (κ3) is 6.73. The number of unbranched alkanes of at least 4 members (excludes halogenated alkanes) is 2. The molecule has 0 bridgehead atoms. The lowest BCUT2D eigenvalue weighted by Crippen LogP contribution is -2.33. The molecule has 0 aliphatic carbocycles. The van der Waals surface area contributed by atoms with Gasteiger partial charge in [-0.2, -0.15) is 0 Å². The highest BCUT2D eigenvalue weighted by Crippen LogP contribution is 2.26. The molecule has 3 rings (SSSR count). The third-order valence-corrected chi connectivity index (χ3v) is 7.30. The number of hydrogen-bond donors (Lipinski definition) is 1. The van der Waals surface area contributed by atoms with Crippen LogP contribution in [0.2, 0.25) is 5.02 Å². The summed E-state index contributed by atoms with van der Waals surface area (Å²) in [7, 11) is -2.12. The lowest BCUT2D eigenvalue weighted by molar-refractivity contribution is 0.0976. The first-order valence-corrected chi connectivity index (χ1v) is 13.7. The quantitative estimate of drug-likeness (QED) is 0.387. The van der Waals surface area contributed by atoms with Crippen LogP contribution in [0.5, 0.6) is 5.75 Å². The number of carbonyl (C=O) groups excluding carboxylic acids is 2. The maximum Gasteiger partial charge on any atom is 0.414 e. The molecule has 0 saturated heterocycles. The normalized spacial score (nSPS) is 11.5. The van der Waals surface area contributed by atoms with Crippen LogP contribution in [0.25, 0.3) is 11.2 Å². The number of amides is 2. The molecule has 2 amide bonds. The number of pyridine rings is 1. The molecule has 1 N–H and O–H groups in total. The van der Waals surface area contributed by atoms with Gasteiger partial charge in [-0.3, -0.25) is 4.79 Å². The van der Waals surface area contributed by atoms with Crippen LogP contribution in [0.15, 0.2) is 30.3 Å². The van der Waals surface area contributed by atoms with Crippen LogP contribution in [-0.4, -0.2) is 59.2 Å². The average molecular weight is 536 g/mol. The van der Waals surface area contributed by atoms with Gasteiger partial charge in [-0.1, -0.05) is 37.4 Å². The van der Waals surface area contributed by atoms with Crippen molar-refractivity contribution in [2.24, 2.45) is 0 Å². The lowest BCUT2D eigenvalue weighted by Gasteiger charge is -2.15. The molecule has 1 aromatic carbocycles. The van der Waals surface area contributed by atoms with Gasteiger partial charge in [0.2, 0.25) is 10.0 Å². The zero-order valence-corrected chi connectivity index (χ0v) is 22.3. The minimum absolute atomic E-state index is 0.0314. The smallest absolute Gasteiger partial charge is 0.410 e. The molecule has 0 spiro atoms. The highest BCUT2D eigenvalue weighted by Gasteiger charge is 2.19. The van der Waals surface area contributed by atoms with E-state index in [0.29, 0.717) is 40.7 Å². The molecule has 3 aromatic rings. The van der Waals surface area contributed by atoms with Gasteiger partial charge in [0.1, 0.15) is 22.8 Å². The Morgan fingerprint density at radius 2 is 1.89 bits per heavy atom. The maximum absolute atomic E-state index is 12.6. The zero-order chi connectivity index (χ0) is 26.5. The number of carbonyl (C=O) groups is 2. The van der Waals surface area contributed by atoms with Crippen molar-refractivity contribution in [2.45, 2.75) is 46.6 Å². The summed E-state index contributed by atoms with van der Waals surface area (Å²) in [5.74, 6) is 0.0432. The Bertz CT molecular complexity index is 1370. The van der Waals surface area contributed by atoms with E-state index in [1.54, 1.807) is 42.8 Å². The summed E-state index contributed by atoms with van der Waals surface area (Å²) in [6, 6.07) is 8.01. The molecule has 0 aliphatic heterocycles. The minimum Gasteiger partial charge on any atom is -0.410 e. The number of sulfonamides is 1. The summed E-state index contributed by atoms with van der Waals surface area (Å²) in [5, 5.41) is 0.382. The number of benzene rings is 1. The highest BCUT2D eigenvalue weighted by atomic mass is 35.5. The monoisotopic (exact) mass is 535 g/mol. The van der Waals surface area contributed by atoms with Gasteiger partial charge in [0.05, 0.1) is 12.3 Å². The fourth-order valence-corrected chi connectivity index (χ4v) is 4.72. The molecular weight excluding hydrogens is 506 g/mol. The summed E-state index contributed by atoms with van der Waals surface area (Å²) in [6.07, 6.45) is 1.63. The number of halogens is 1. The van der Waals surface area contributed by atoms with Crippen LogP contribution in [-0.2, 0) is 16.6 Å². The fraction of sp³-hybridized carbons (Fsp3) is 0.417. The van der Waals surface area contributed by atoms with E-state index < -0.39 is 22.0 Å². The van der Waals surface area contributed by atoms with E-state index in [0.717, 1.165) is 18.4 Å². The standard InChI is InChI=1S/C24H30ClN5O5S/c1-5-7-8-13-36(33,34)28-23(31)21-12-11-20-22(27-21)30(16(3)26-20)15-17-9-10-18(14-19(17)25)35-24(32)29(4)6-2/h9-12,14H,5-8,13,15H2,1-4H3,(H,28,31). The average Bonchev–Trinajstić information content (AvgIpc) is 3.14. The summed E-state index contributed by atoms with van der Waals surface area (Å²) >= 11 is 6.46. The van der Waals surface area contributed by atoms with E-state index in [4.69, 9.17) is 16.3 Å². The van der Waals surface area contributed by atoms with E-state index in [2.05, 4.69) is 14.7 Å². The Labute approximate surface area is 215 Å². The Morgan fingerprint density at radius 1 is 1.14 bits per heavy atom. The number of rotatable bonds is 10. The number of nitrogens with one attached hydrogen (secondary N) is 1. The molecule has 0 saturated carbocycles. The molecule has 194 valence electrons. The number of imidazole rings is 1. The largest absolute Gasteiger partial charge is 0.414 e. The number of aromatic nitrogens is 3. The first-order valence-electron chi connectivity index (χ1n) is 11.6. The van der Waals surface area contributed by atoms with Crippen molar-refractivity contribution in [3.05, 3.63) is 52.4 Å². The van der Waals surface area contributed by atoms with Crippen molar-refractivity contribution in [3.8, 4) is 5.75 Å². The fourth-order valence-electron chi connectivity index (χ4n) is 3.42. The molecule has 2 aromatic heterocycles. The SMILES string of the molecule is CCCCCS(=O)(=O)NC(=O)c1ccc2nc(C)n(Cc3ccc(OC(=O)N(C)CC)cc3Cl)c2n1. The second-order valence-corrected chi connectivity index (χ2v) is 10.6. The van der Waals surface area contributed by atoms with Crippen molar-refractivity contribution >= 4 is 44.8 Å².